The minimum Gasteiger partial charge on any atom is -0.389 e. The fourth-order valence-corrected chi connectivity index (χ4v) is 2.74. The van der Waals surface area contributed by atoms with Gasteiger partial charge in [-0.25, -0.2) is 0 Å². The summed E-state index contributed by atoms with van der Waals surface area (Å²) in [6.07, 6.45) is -1.27. The molecule has 2 N–H and O–H groups in total. The van der Waals surface area contributed by atoms with Gasteiger partial charge < -0.3 is 29.2 Å². The van der Waals surface area contributed by atoms with Crippen LogP contribution >= 0.6 is 0 Å². The molecule has 1 aromatic rings. The van der Waals surface area contributed by atoms with Crippen molar-refractivity contribution in [2.75, 3.05) is 65.9 Å². The van der Waals surface area contributed by atoms with Gasteiger partial charge in [0.1, 0.15) is 0 Å². The first kappa shape index (κ1) is 21.2. The van der Waals surface area contributed by atoms with Crippen molar-refractivity contribution in [3.63, 3.8) is 0 Å². The monoisotopic (exact) mass is 369 g/mol. The normalized spacial score (nSPS) is 26.2. The second-order valence-electron chi connectivity index (χ2n) is 6.36. The standard InChI is InChI=1S/C19H31NO6/c21-18-13-20(12-17-4-2-1-3-5-17)14-19(22)16-26-11-9-24-7-6-23-8-10-25-15-18/h1-5,18-19,21-22H,6-16H2. The van der Waals surface area contributed by atoms with Gasteiger partial charge in [0.25, 0.3) is 0 Å². The number of aliphatic hydroxyl groups is 2. The number of rotatable bonds is 2. The van der Waals surface area contributed by atoms with Crippen LogP contribution in [0, 0.1) is 0 Å². The van der Waals surface area contributed by atoms with Gasteiger partial charge in [-0.2, -0.15) is 0 Å². The quantitative estimate of drug-likeness (QED) is 0.776. The third kappa shape index (κ3) is 9.59. The van der Waals surface area contributed by atoms with Crippen LogP contribution in [0.5, 0.6) is 0 Å². The minimum atomic E-state index is -0.633. The van der Waals surface area contributed by atoms with Gasteiger partial charge in [0.05, 0.1) is 65.1 Å². The first-order chi connectivity index (χ1) is 12.7. The third-order valence-electron chi connectivity index (χ3n) is 3.92. The van der Waals surface area contributed by atoms with Crippen LogP contribution in [0.4, 0.5) is 0 Å². The second-order valence-corrected chi connectivity index (χ2v) is 6.36. The molecular weight excluding hydrogens is 338 g/mol. The van der Waals surface area contributed by atoms with Gasteiger partial charge in [-0.15, -0.1) is 0 Å². The van der Waals surface area contributed by atoms with Crippen molar-refractivity contribution in [3.8, 4) is 0 Å². The van der Waals surface area contributed by atoms with Crippen LogP contribution in [0.3, 0.4) is 0 Å². The predicted octanol–water partition coefficient (Wildman–Crippen LogP) is 0.290. The molecule has 1 saturated heterocycles. The minimum absolute atomic E-state index is 0.234. The largest absolute Gasteiger partial charge is 0.389 e. The van der Waals surface area contributed by atoms with Crippen LogP contribution in [0.2, 0.25) is 0 Å². The number of hydrogen-bond donors (Lipinski definition) is 2. The van der Waals surface area contributed by atoms with E-state index in [0.717, 1.165) is 5.56 Å². The molecule has 1 heterocycles. The zero-order valence-corrected chi connectivity index (χ0v) is 15.3. The average Bonchev–Trinajstić information content (AvgIpc) is 2.63. The van der Waals surface area contributed by atoms with Gasteiger partial charge in [-0.05, 0) is 5.56 Å². The van der Waals surface area contributed by atoms with Crippen LogP contribution in [0.15, 0.2) is 30.3 Å². The number of hydrogen-bond acceptors (Lipinski definition) is 7. The van der Waals surface area contributed by atoms with Crippen LogP contribution in [0.25, 0.3) is 0 Å². The van der Waals surface area contributed by atoms with Crippen molar-refractivity contribution in [2.45, 2.75) is 18.8 Å². The Balaban J connectivity index is 1.89. The van der Waals surface area contributed by atoms with Crippen molar-refractivity contribution in [3.05, 3.63) is 35.9 Å². The topological polar surface area (TPSA) is 80.6 Å². The van der Waals surface area contributed by atoms with Crippen LogP contribution < -0.4 is 0 Å². The summed E-state index contributed by atoms with van der Waals surface area (Å²) in [6.45, 7) is 4.74. The first-order valence-electron chi connectivity index (χ1n) is 9.17. The highest BCUT2D eigenvalue weighted by molar-refractivity contribution is 5.14. The summed E-state index contributed by atoms with van der Waals surface area (Å²) >= 11 is 0. The molecule has 1 aliphatic heterocycles. The maximum Gasteiger partial charge on any atom is 0.0900 e. The molecular formula is C19H31NO6. The molecule has 0 spiro atoms. The van der Waals surface area contributed by atoms with Crippen molar-refractivity contribution < 1.29 is 29.2 Å². The second kappa shape index (κ2) is 13.2. The van der Waals surface area contributed by atoms with Gasteiger partial charge in [-0.1, -0.05) is 30.3 Å². The van der Waals surface area contributed by atoms with E-state index in [2.05, 4.69) is 0 Å². The summed E-state index contributed by atoms with van der Waals surface area (Å²) < 4.78 is 21.7. The molecule has 1 aromatic carbocycles. The molecule has 0 saturated carbocycles. The summed E-state index contributed by atoms with van der Waals surface area (Å²) in [7, 11) is 0. The van der Waals surface area contributed by atoms with E-state index in [1.54, 1.807) is 0 Å². The van der Waals surface area contributed by atoms with Gasteiger partial charge in [0.15, 0.2) is 0 Å². The number of β-amino-alcohol motifs (C(OH)–C–C–N with tert-alkyl or cyclic N) is 2. The van der Waals surface area contributed by atoms with Crippen LogP contribution in [-0.2, 0) is 25.5 Å². The molecule has 1 aliphatic rings. The lowest BCUT2D eigenvalue weighted by Crippen LogP contribution is -2.40. The Morgan fingerprint density at radius 3 is 1.69 bits per heavy atom. The summed E-state index contributed by atoms with van der Waals surface area (Å²) in [5.41, 5.74) is 1.13. The predicted molar refractivity (Wildman–Crippen MR) is 97.0 cm³/mol. The third-order valence-corrected chi connectivity index (χ3v) is 3.92. The Labute approximate surface area is 155 Å². The van der Waals surface area contributed by atoms with E-state index in [9.17, 15) is 10.2 Å². The zero-order chi connectivity index (χ0) is 18.5. The van der Waals surface area contributed by atoms with E-state index in [0.29, 0.717) is 59.3 Å². The van der Waals surface area contributed by atoms with E-state index in [1.165, 1.54) is 0 Å². The Morgan fingerprint density at radius 2 is 1.19 bits per heavy atom. The summed E-state index contributed by atoms with van der Waals surface area (Å²) in [5.74, 6) is 0. The van der Waals surface area contributed by atoms with E-state index in [1.807, 2.05) is 35.2 Å². The van der Waals surface area contributed by atoms with Crippen LogP contribution in [0.1, 0.15) is 5.56 Å². The number of aliphatic hydroxyl groups excluding tert-OH is 2. The molecule has 0 amide bonds. The molecule has 2 rings (SSSR count). The fraction of sp³-hybridized carbons (Fsp3) is 0.684. The lowest BCUT2D eigenvalue weighted by molar-refractivity contribution is -0.0200. The Bertz CT molecular complexity index is 439. The molecule has 2 atom stereocenters. The highest BCUT2D eigenvalue weighted by Gasteiger charge is 2.17. The van der Waals surface area contributed by atoms with Crippen molar-refractivity contribution in [2.24, 2.45) is 0 Å². The lowest BCUT2D eigenvalue weighted by atomic mass is 10.2. The van der Waals surface area contributed by atoms with Gasteiger partial charge >= 0.3 is 0 Å². The number of benzene rings is 1. The Kier molecular flexibility index (Phi) is 10.8. The maximum absolute atomic E-state index is 10.3. The first-order valence-corrected chi connectivity index (χ1v) is 9.17. The van der Waals surface area contributed by atoms with Crippen molar-refractivity contribution >= 4 is 0 Å². The number of nitrogens with zero attached hydrogens (tertiary/aromatic N) is 1. The summed E-state index contributed by atoms with van der Waals surface area (Å²) in [4.78, 5) is 2.02. The molecule has 0 bridgehead atoms. The Hall–Kier alpha value is -1.06. The van der Waals surface area contributed by atoms with Gasteiger partial charge in [-0.3, -0.25) is 4.90 Å². The summed E-state index contributed by atoms with van der Waals surface area (Å²) in [5, 5.41) is 20.5. The Morgan fingerprint density at radius 1 is 0.731 bits per heavy atom. The van der Waals surface area contributed by atoms with Crippen molar-refractivity contribution in [1.29, 1.82) is 0 Å². The molecule has 0 radical (unpaired) electrons. The molecule has 0 aliphatic carbocycles. The van der Waals surface area contributed by atoms with Crippen LogP contribution in [-0.4, -0.2) is 93.3 Å². The van der Waals surface area contributed by atoms with Gasteiger partial charge in [0.2, 0.25) is 0 Å². The molecule has 7 nitrogen and oxygen atoms in total. The van der Waals surface area contributed by atoms with E-state index in [4.69, 9.17) is 18.9 Å². The highest BCUT2D eigenvalue weighted by Crippen LogP contribution is 2.07. The highest BCUT2D eigenvalue weighted by atomic mass is 16.6. The molecule has 0 aromatic heterocycles. The number of ether oxygens (including phenoxy) is 4. The van der Waals surface area contributed by atoms with E-state index >= 15 is 0 Å². The van der Waals surface area contributed by atoms with E-state index < -0.39 is 12.2 Å². The van der Waals surface area contributed by atoms with Gasteiger partial charge in [0, 0.05) is 19.6 Å². The summed E-state index contributed by atoms with van der Waals surface area (Å²) in [6, 6.07) is 9.99. The molecule has 148 valence electrons. The van der Waals surface area contributed by atoms with E-state index in [-0.39, 0.29) is 13.2 Å². The molecule has 26 heavy (non-hydrogen) atoms. The fourth-order valence-electron chi connectivity index (χ4n) is 2.74. The average molecular weight is 369 g/mol. The molecule has 1 fully saturated rings. The smallest absolute Gasteiger partial charge is 0.0900 e. The SMILES string of the molecule is OC1COCCOCCOCCOCC(O)CN(Cc2ccccc2)C1. The lowest BCUT2D eigenvalue weighted by Gasteiger charge is -2.27. The molecule has 2 unspecified atom stereocenters. The zero-order valence-electron chi connectivity index (χ0n) is 15.3. The maximum atomic E-state index is 10.3. The van der Waals surface area contributed by atoms with Crippen molar-refractivity contribution in [1.82, 2.24) is 4.90 Å². The molecule has 7 heteroatoms.